The first-order valence-corrected chi connectivity index (χ1v) is 17.2. The van der Waals surface area contributed by atoms with Gasteiger partial charge in [-0.1, -0.05) is 65.3 Å². The lowest BCUT2D eigenvalue weighted by Crippen LogP contribution is -2.48. The van der Waals surface area contributed by atoms with Crippen molar-refractivity contribution in [2.24, 2.45) is 0 Å². The van der Waals surface area contributed by atoms with E-state index in [0.717, 1.165) is 81.8 Å². The van der Waals surface area contributed by atoms with E-state index >= 15 is 0 Å². The average Bonchev–Trinajstić information content (AvgIpc) is 3.25. The molecule has 0 unspecified atom stereocenters. The molecule has 4 heterocycles. The number of hydrogen-bond acceptors (Lipinski definition) is 8. The van der Waals surface area contributed by atoms with Gasteiger partial charge in [0.25, 0.3) is 6.47 Å². The number of aromatic nitrogens is 1. The highest BCUT2D eigenvalue weighted by atomic mass is 32.2. The minimum absolute atomic E-state index is 0.0591. The van der Waals surface area contributed by atoms with Gasteiger partial charge in [-0.2, -0.15) is 0 Å². The second-order valence-electron chi connectivity index (χ2n) is 12.2. The predicted molar refractivity (Wildman–Crippen MR) is 175 cm³/mol. The lowest BCUT2D eigenvalue weighted by molar-refractivity contribution is -0.138. The maximum absolute atomic E-state index is 9.60. The van der Waals surface area contributed by atoms with Crippen molar-refractivity contribution < 1.29 is 14.3 Å². The topological polar surface area (TPSA) is 58.1 Å². The second-order valence-corrected chi connectivity index (χ2v) is 13.6. The monoisotopic (exact) mass is 592 g/mol. The Hall–Kier alpha value is -1.51. The Morgan fingerprint density at radius 3 is 2.10 bits per heavy atom. The van der Waals surface area contributed by atoms with Crippen LogP contribution in [0.15, 0.2) is 12.3 Å². The molecule has 7 nitrogen and oxygen atoms in total. The molecule has 0 amide bonds. The van der Waals surface area contributed by atoms with Crippen LogP contribution in [-0.4, -0.2) is 83.4 Å². The van der Waals surface area contributed by atoms with E-state index in [4.69, 9.17) is 9.72 Å². The zero-order valence-electron chi connectivity index (χ0n) is 27.5. The van der Waals surface area contributed by atoms with Crippen molar-refractivity contribution in [2.75, 3.05) is 51.2 Å². The Morgan fingerprint density at radius 1 is 0.951 bits per heavy atom. The number of pyridine rings is 1. The molecule has 1 aromatic heterocycles. The van der Waals surface area contributed by atoms with Gasteiger partial charge in [0.1, 0.15) is 22.8 Å². The zero-order valence-corrected chi connectivity index (χ0v) is 28.4. The number of nitrogens with zero attached hydrogens (tertiary/aromatic N) is 4. The van der Waals surface area contributed by atoms with Gasteiger partial charge in [0.05, 0.1) is 6.20 Å². The molecule has 5 rings (SSSR count). The van der Waals surface area contributed by atoms with Crippen molar-refractivity contribution in [3.05, 3.63) is 17.8 Å². The summed E-state index contributed by atoms with van der Waals surface area (Å²) in [6, 6.07) is 2.31. The summed E-state index contributed by atoms with van der Waals surface area (Å²) in [6.45, 7) is 20.7. The van der Waals surface area contributed by atoms with Crippen LogP contribution in [0.3, 0.4) is 0 Å². The Kier molecular flexibility index (Phi) is 15.9. The SMILES string of the molecule is CC.CC.CC(C)(C)OC=O.CN1CCC2(CCc3cc(N4CCN(SC5CCCCCC5)CC4)ncc3O2)CC1. The number of fused-ring (bicyclic) bond motifs is 1. The first kappa shape index (κ1) is 35.7. The Balaban J connectivity index is 0.000000465. The molecule has 1 aliphatic carbocycles. The smallest absolute Gasteiger partial charge is 0.293 e. The molecule has 1 aromatic rings. The molecule has 3 aliphatic heterocycles. The summed E-state index contributed by atoms with van der Waals surface area (Å²) in [7, 11) is 2.21. The molecular formula is C33H60N4O3S. The summed E-state index contributed by atoms with van der Waals surface area (Å²) in [5.41, 5.74) is 1.10. The third-order valence-corrected chi connectivity index (χ3v) is 9.51. The molecule has 0 bridgehead atoms. The summed E-state index contributed by atoms with van der Waals surface area (Å²) in [4.78, 5) is 19.3. The van der Waals surface area contributed by atoms with E-state index in [2.05, 4.69) is 43.9 Å². The van der Waals surface area contributed by atoms with E-state index < -0.39 is 0 Å². The molecule has 4 aliphatic rings. The molecule has 0 aromatic carbocycles. The van der Waals surface area contributed by atoms with E-state index in [1.165, 1.54) is 44.1 Å². The summed E-state index contributed by atoms with van der Waals surface area (Å²) in [5, 5.41) is 0.852. The van der Waals surface area contributed by atoms with Crippen molar-refractivity contribution in [3.8, 4) is 5.75 Å². The summed E-state index contributed by atoms with van der Waals surface area (Å²) < 4.78 is 13.7. The van der Waals surface area contributed by atoms with Crippen LogP contribution in [0, 0.1) is 0 Å². The van der Waals surface area contributed by atoms with E-state index in [0.29, 0.717) is 6.47 Å². The quantitative estimate of drug-likeness (QED) is 0.204. The predicted octanol–water partition coefficient (Wildman–Crippen LogP) is 7.37. The highest BCUT2D eigenvalue weighted by molar-refractivity contribution is 7.97. The van der Waals surface area contributed by atoms with Crippen molar-refractivity contribution in [1.29, 1.82) is 0 Å². The van der Waals surface area contributed by atoms with E-state index in [1.807, 2.05) is 54.7 Å². The summed E-state index contributed by atoms with van der Waals surface area (Å²) in [5.74, 6) is 2.19. The third-order valence-electron chi connectivity index (χ3n) is 8.07. The van der Waals surface area contributed by atoms with Crippen LogP contribution in [0.4, 0.5) is 5.82 Å². The van der Waals surface area contributed by atoms with Crippen molar-refractivity contribution >= 4 is 24.2 Å². The van der Waals surface area contributed by atoms with Crippen LogP contribution < -0.4 is 9.64 Å². The maximum atomic E-state index is 9.60. The van der Waals surface area contributed by atoms with Gasteiger partial charge in [0.15, 0.2) is 0 Å². The fraction of sp³-hybridized carbons (Fsp3) is 0.818. The van der Waals surface area contributed by atoms with Gasteiger partial charge in [-0.25, -0.2) is 9.29 Å². The van der Waals surface area contributed by atoms with E-state index in [9.17, 15) is 4.79 Å². The molecule has 236 valence electrons. The number of piperidine rings is 1. The largest absolute Gasteiger partial charge is 0.485 e. The highest BCUT2D eigenvalue weighted by Crippen LogP contribution is 2.40. The van der Waals surface area contributed by atoms with Gasteiger partial charge < -0.3 is 19.3 Å². The number of anilines is 1. The molecule has 0 atom stereocenters. The fourth-order valence-electron chi connectivity index (χ4n) is 5.68. The molecule has 41 heavy (non-hydrogen) atoms. The van der Waals surface area contributed by atoms with Gasteiger partial charge >= 0.3 is 0 Å². The molecule has 8 heteroatoms. The molecule has 1 spiro atoms. The van der Waals surface area contributed by atoms with E-state index in [-0.39, 0.29) is 11.2 Å². The van der Waals surface area contributed by atoms with Crippen LogP contribution in [0.2, 0.25) is 0 Å². The molecule has 0 N–H and O–H groups in total. The van der Waals surface area contributed by atoms with Gasteiger partial charge in [0, 0.05) is 44.5 Å². The van der Waals surface area contributed by atoms with E-state index in [1.54, 1.807) is 0 Å². The van der Waals surface area contributed by atoms with Gasteiger partial charge in [-0.05, 0) is 78.0 Å². The lowest BCUT2D eigenvalue weighted by atomic mass is 9.83. The number of piperazine rings is 1. The molecule has 3 fully saturated rings. The Morgan fingerprint density at radius 2 is 1.56 bits per heavy atom. The summed E-state index contributed by atoms with van der Waals surface area (Å²) in [6.07, 6.45) is 15.1. The van der Waals surface area contributed by atoms with Crippen LogP contribution in [0.5, 0.6) is 5.75 Å². The summed E-state index contributed by atoms with van der Waals surface area (Å²) >= 11 is 2.15. The maximum Gasteiger partial charge on any atom is 0.293 e. The number of aryl methyl sites for hydroxylation is 1. The number of hydrogen-bond donors (Lipinski definition) is 0. The normalized spacial score (nSPS) is 21.3. The van der Waals surface area contributed by atoms with Crippen LogP contribution in [0.25, 0.3) is 0 Å². The first-order valence-electron chi connectivity index (χ1n) is 16.4. The van der Waals surface area contributed by atoms with Crippen LogP contribution in [-0.2, 0) is 16.0 Å². The number of ether oxygens (including phenoxy) is 2. The van der Waals surface area contributed by atoms with Gasteiger partial charge in [0.2, 0.25) is 0 Å². The Bertz CT molecular complexity index is 855. The van der Waals surface area contributed by atoms with Crippen molar-refractivity contribution in [1.82, 2.24) is 14.2 Å². The number of likely N-dealkylation sites (tertiary alicyclic amines) is 1. The number of rotatable bonds is 4. The molecule has 1 saturated carbocycles. The van der Waals surface area contributed by atoms with Gasteiger partial charge in [-0.3, -0.25) is 4.79 Å². The number of carbonyl (C=O) groups excluding carboxylic acids is 1. The fourth-order valence-corrected chi connectivity index (χ4v) is 7.02. The van der Waals surface area contributed by atoms with Crippen molar-refractivity contribution in [2.45, 2.75) is 129 Å². The lowest BCUT2D eigenvalue weighted by Gasteiger charge is -2.44. The van der Waals surface area contributed by atoms with Crippen LogP contribution in [0.1, 0.15) is 112 Å². The molecular weight excluding hydrogens is 532 g/mol. The standard InChI is InChI=1S/C24H38N4OS.C5H10O2.2C2H6/c1-26-12-10-24(11-13-26)9-8-20-18-23(25-19-22(20)29-24)27-14-16-28(17-15-27)30-21-6-4-2-3-5-7-21;1-5(2,3)7-4-6;2*1-2/h18-19,21H,2-17H2,1H3;4H,1-3H3;2*1-2H3. The van der Waals surface area contributed by atoms with Gasteiger partial charge in [-0.15, -0.1) is 0 Å². The van der Waals surface area contributed by atoms with Crippen LogP contribution >= 0.6 is 11.9 Å². The Labute approximate surface area is 256 Å². The highest BCUT2D eigenvalue weighted by Gasteiger charge is 2.39. The van der Waals surface area contributed by atoms with Crippen molar-refractivity contribution in [3.63, 3.8) is 0 Å². The molecule has 2 saturated heterocycles. The third kappa shape index (κ3) is 11.9. The zero-order chi connectivity index (χ0) is 30.3. The molecule has 0 radical (unpaired) electrons. The minimum atomic E-state index is -0.318. The minimum Gasteiger partial charge on any atom is -0.485 e. The number of carbonyl (C=O) groups is 1. The second kappa shape index (κ2) is 18.2. The first-order chi connectivity index (χ1) is 19.8. The average molecular weight is 593 g/mol.